The normalized spacial score (nSPS) is 14.8. The van der Waals surface area contributed by atoms with Crippen LogP contribution in [0.1, 0.15) is 21.5 Å². The lowest BCUT2D eigenvalue weighted by molar-refractivity contribution is 0.0342. The summed E-state index contributed by atoms with van der Waals surface area (Å²) in [5.74, 6) is -0.516. The van der Waals surface area contributed by atoms with Gasteiger partial charge in [-0.15, -0.1) is 0 Å². The van der Waals surface area contributed by atoms with E-state index in [2.05, 4.69) is 16.0 Å². The first-order valence-electron chi connectivity index (χ1n) is 9.58. The Morgan fingerprint density at radius 2 is 1.86 bits per heavy atom. The smallest absolute Gasteiger partial charge is 0.274 e. The van der Waals surface area contributed by atoms with Crippen molar-refractivity contribution in [3.8, 4) is 0 Å². The number of fused-ring (bicyclic) bond motifs is 1. The summed E-state index contributed by atoms with van der Waals surface area (Å²) in [4.78, 5) is 30.8. The van der Waals surface area contributed by atoms with Gasteiger partial charge in [0.25, 0.3) is 5.91 Å². The predicted octanol–water partition coefficient (Wildman–Crippen LogP) is 3.16. The van der Waals surface area contributed by atoms with E-state index in [1.54, 1.807) is 18.2 Å². The van der Waals surface area contributed by atoms with Crippen molar-refractivity contribution in [1.82, 2.24) is 14.3 Å². The summed E-state index contributed by atoms with van der Waals surface area (Å²) in [5.41, 5.74) is 2.46. The second-order valence-corrected chi connectivity index (χ2v) is 7.52. The topological polar surface area (TPSA) is 65.6 Å². The van der Waals surface area contributed by atoms with Gasteiger partial charge in [0.2, 0.25) is 5.43 Å². The third-order valence-electron chi connectivity index (χ3n) is 5.06. The number of rotatable bonds is 5. The van der Waals surface area contributed by atoms with Crippen LogP contribution in [0, 0.1) is 0 Å². The predicted molar refractivity (Wildman–Crippen MR) is 113 cm³/mol. The highest BCUT2D eigenvalue weighted by Gasteiger charge is 2.19. The molecule has 0 radical (unpaired) electrons. The number of nitrogens with one attached hydrogen (secondary N) is 1. The number of H-pyrrole nitrogens is 1. The number of para-hydroxylation sites is 1. The SMILES string of the molecule is O=C(c1c[nH]c2ccccc2c1=O)N(Cl)Cc1cccc(CN2CCOCC2)c1. The fourth-order valence-electron chi connectivity index (χ4n) is 3.53. The molecule has 1 amide bonds. The zero-order valence-electron chi connectivity index (χ0n) is 15.9. The first kappa shape index (κ1) is 19.6. The summed E-state index contributed by atoms with van der Waals surface area (Å²) < 4.78 is 6.45. The highest BCUT2D eigenvalue weighted by molar-refractivity contribution is 6.24. The van der Waals surface area contributed by atoms with Gasteiger partial charge in [-0.25, -0.2) is 4.42 Å². The second kappa shape index (κ2) is 8.78. The Kier molecular flexibility index (Phi) is 5.94. The number of ether oxygens (including phenoxy) is 1. The Bertz CT molecular complexity index is 1080. The van der Waals surface area contributed by atoms with Crippen molar-refractivity contribution in [1.29, 1.82) is 0 Å². The molecule has 1 aliphatic rings. The maximum Gasteiger partial charge on any atom is 0.274 e. The Hall–Kier alpha value is -2.67. The van der Waals surface area contributed by atoms with Gasteiger partial charge in [-0.1, -0.05) is 36.4 Å². The molecule has 7 heteroatoms. The molecule has 150 valence electrons. The van der Waals surface area contributed by atoms with Gasteiger partial charge in [-0.05, 0) is 23.3 Å². The molecule has 1 N–H and O–H groups in total. The number of pyridine rings is 1. The zero-order chi connectivity index (χ0) is 20.2. The van der Waals surface area contributed by atoms with Gasteiger partial charge in [-0.3, -0.25) is 14.5 Å². The number of hydrogen-bond donors (Lipinski definition) is 1. The van der Waals surface area contributed by atoms with Crippen LogP contribution in [0.15, 0.2) is 59.5 Å². The molecule has 6 nitrogen and oxygen atoms in total. The lowest BCUT2D eigenvalue weighted by Gasteiger charge is -2.26. The molecule has 2 heterocycles. The average molecular weight is 412 g/mol. The molecule has 3 aromatic rings. The summed E-state index contributed by atoms with van der Waals surface area (Å²) in [6.07, 6.45) is 1.43. The molecule has 0 saturated carbocycles. The molecule has 1 aliphatic heterocycles. The molecule has 1 saturated heterocycles. The Balaban J connectivity index is 1.48. The van der Waals surface area contributed by atoms with Crippen molar-refractivity contribution in [3.63, 3.8) is 0 Å². The van der Waals surface area contributed by atoms with Crippen LogP contribution in [-0.2, 0) is 17.8 Å². The minimum absolute atomic E-state index is 0.0307. The lowest BCUT2D eigenvalue weighted by Crippen LogP contribution is -2.35. The van der Waals surface area contributed by atoms with E-state index in [4.69, 9.17) is 16.5 Å². The van der Waals surface area contributed by atoms with Gasteiger partial charge in [0.1, 0.15) is 5.56 Å². The van der Waals surface area contributed by atoms with Crippen molar-refractivity contribution < 1.29 is 9.53 Å². The van der Waals surface area contributed by atoms with Crippen LogP contribution in [0.2, 0.25) is 0 Å². The van der Waals surface area contributed by atoms with E-state index < -0.39 is 5.91 Å². The van der Waals surface area contributed by atoms with E-state index in [0.717, 1.165) is 48.4 Å². The van der Waals surface area contributed by atoms with Crippen LogP contribution in [0.3, 0.4) is 0 Å². The highest BCUT2D eigenvalue weighted by atomic mass is 35.5. The monoisotopic (exact) mass is 411 g/mol. The molecule has 4 rings (SSSR count). The van der Waals surface area contributed by atoms with E-state index in [-0.39, 0.29) is 17.5 Å². The van der Waals surface area contributed by atoms with Crippen LogP contribution < -0.4 is 5.43 Å². The van der Waals surface area contributed by atoms with Crippen molar-refractivity contribution >= 4 is 28.6 Å². The van der Waals surface area contributed by atoms with Gasteiger partial charge in [0.15, 0.2) is 0 Å². The first-order valence-corrected chi connectivity index (χ1v) is 9.91. The van der Waals surface area contributed by atoms with Crippen molar-refractivity contribution in [2.75, 3.05) is 26.3 Å². The second-order valence-electron chi connectivity index (χ2n) is 7.11. The molecule has 0 atom stereocenters. The lowest BCUT2D eigenvalue weighted by atomic mass is 10.1. The molecule has 29 heavy (non-hydrogen) atoms. The Morgan fingerprint density at radius 3 is 2.69 bits per heavy atom. The van der Waals surface area contributed by atoms with E-state index in [9.17, 15) is 9.59 Å². The van der Waals surface area contributed by atoms with Crippen molar-refractivity contribution in [2.24, 2.45) is 0 Å². The number of hydrogen-bond acceptors (Lipinski definition) is 4. The number of aromatic amines is 1. The molecular formula is C22H22ClN3O3. The molecular weight excluding hydrogens is 390 g/mol. The highest BCUT2D eigenvalue weighted by Crippen LogP contribution is 2.15. The van der Waals surface area contributed by atoms with Gasteiger partial charge in [0, 0.05) is 48.5 Å². The number of carbonyl (C=O) groups is 1. The van der Waals surface area contributed by atoms with Crippen LogP contribution in [0.25, 0.3) is 10.9 Å². The Morgan fingerprint density at radius 1 is 1.10 bits per heavy atom. The standard InChI is InChI=1S/C22H22ClN3O3/c23-26(22(28)19-13-24-20-7-2-1-6-18(20)21(19)27)15-17-5-3-4-16(12-17)14-25-8-10-29-11-9-25/h1-7,12-13H,8-11,14-15H2,(H,24,27). The first-order chi connectivity index (χ1) is 14.1. The molecule has 0 bridgehead atoms. The van der Waals surface area contributed by atoms with E-state index in [1.165, 1.54) is 6.20 Å². The van der Waals surface area contributed by atoms with E-state index in [0.29, 0.717) is 10.9 Å². The fourth-order valence-corrected chi connectivity index (χ4v) is 3.76. The molecule has 0 unspecified atom stereocenters. The molecule has 2 aromatic carbocycles. The van der Waals surface area contributed by atoms with Gasteiger partial charge in [-0.2, -0.15) is 0 Å². The van der Waals surface area contributed by atoms with E-state index >= 15 is 0 Å². The molecule has 1 aromatic heterocycles. The minimum Gasteiger partial charge on any atom is -0.379 e. The number of carbonyl (C=O) groups excluding carboxylic acids is 1. The van der Waals surface area contributed by atoms with Crippen LogP contribution in [-0.4, -0.2) is 46.5 Å². The quantitative estimate of drug-likeness (QED) is 0.655. The Labute approximate surface area is 173 Å². The summed E-state index contributed by atoms with van der Waals surface area (Å²) in [7, 11) is 0. The average Bonchev–Trinajstić information content (AvgIpc) is 2.75. The third kappa shape index (κ3) is 4.50. The summed E-state index contributed by atoms with van der Waals surface area (Å²) in [6, 6.07) is 15.1. The number of nitrogens with zero attached hydrogens (tertiary/aromatic N) is 2. The van der Waals surface area contributed by atoms with Crippen molar-refractivity contribution in [2.45, 2.75) is 13.1 Å². The molecule has 0 spiro atoms. The van der Waals surface area contributed by atoms with Crippen molar-refractivity contribution in [3.05, 3.63) is 81.6 Å². The zero-order valence-corrected chi connectivity index (χ0v) is 16.7. The maximum atomic E-state index is 12.8. The molecule has 0 aliphatic carbocycles. The number of morpholine rings is 1. The number of aromatic nitrogens is 1. The van der Waals surface area contributed by atoms with Gasteiger partial charge < -0.3 is 9.72 Å². The largest absolute Gasteiger partial charge is 0.379 e. The van der Waals surface area contributed by atoms with Gasteiger partial charge in [0.05, 0.1) is 19.8 Å². The minimum atomic E-state index is -0.516. The summed E-state index contributed by atoms with van der Waals surface area (Å²) in [6.45, 7) is 4.37. The molecule has 1 fully saturated rings. The summed E-state index contributed by atoms with van der Waals surface area (Å²) in [5, 5.41) is 0.468. The van der Waals surface area contributed by atoms with Gasteiger partial charge >= 0.3 is 0 Å². The number of benzene rings is 2. The van der Waals surface area contributed by atoms with E-state index in [1.807, 2.05) is 24.3 Å². The van der Waals surface area contributed by atoms with Crippen LogP contribution in [0.5, 0.6) is 0 Å². The third-order valence-corrected chi connectivity index (χ3v) is 5.33. The number of amides is 1. The van der Waals surface area contributed by atoms with Crippen LogP contribution >= 0.6 is 11.8 Å². The maximum absolute atomic E-state index is 12.8. The number of halogens is 1. The van der Waals surface area contributed by atoms with Crippen LogP contribution in [0.4, 0.5) is 0 Å². The summed E-state index contributed by atoms with van der Waals surface area (Å²) >= 11 is 6.27. The fraction of sp³-hybridized carbons (Fsp3) is 0.273.